The van der Waals surface area contributed by atoms with Gasteiger partial charge in [0.25, 0.3) is 5.56 Å². The van der Waals surface area contributed by atoms with Crippen molar-refractivity contribution in [3.8, 4) is 22.8 Å². The zero-order valence-electron chi connectivity index (χ0n) is 24.3. The predicted octanol–water partition coefficient (Wildman–Crippen LogP) is 5.86. The van der Waals surface area contributed by atoms with Gasteiger partial charge in [-0.1, -0.05) is 60.7 Å². The van der Waals surface area contributed by atoms with Crippen molar-refractivity contribution >= 4 is 9.84 Å². The van der Waals surface area contributed by atoms with E-state index in [9.17, 15) is 22.0 Å². The molecule has 0 bridgehead atoms. The Balaban J connectivity index is 1.28. The highest BCUT2D eigenvalue weighted by Gasteiger charge is 2.25. The number of aromatic nitrogens is 3. The molecule has 5 aromatic rings. The summed E-state index contributed by atoms with van der Waals surface area (Å²) in [5, 5.41) is -0.403. The number of nitrogens with zero attached hydrogens (tertiary/aromatic N) is 3. The summed E-state index contributed by atoms with van der Waals surface area (Å²) in [6, 6.07) is 23.6. The number of rotatable bonds is 10. The minimum Gasteiger partial charge on any atom is -0.454 e. The fourth-order valence-corrected chi connectivity index (χ4v) is 6.71. The Bertz CT molecular complexity index is 2030. The largest absolute Gasteiger partial charge is 0.454 e. The molecule has 1 unspecified atom stereocenters. The van der Waals surface area contributed by atoms with Crippen LogP contribution in [0, 0.1) is 18.6 Å². The number of sulfone groups is 1. The summed E-state index contributed by atoms with van der Waals surface area (Å²) in [6.07, 6.45) is 1.94. The number of hydrogen-bond donors (Lipinski definition) is 0. The van der Waals surface area contributed by atoms with E-state index in [4.69, 9.17) is 9.47 Å². The van der Waals surface area contributed by atoms with Gasteiger partial charge < -0.3 is 14.0 Å². The lowest BCUT2D eigenvalue weighted by Crippen LogP contribution is -2.23. The number of hydrogen-bond acceptors (Lipinski definition) is 7. The third-order valence-corrected chi connectivity index (χ3v) is 9.21. The van der Waals surface area contributed by atoms with Gasteiger partial charge >= 0.3 is 0 Å². The van der Waals surface area contributed by atoms with E-state index in [1.54, 1.807) is 43.3 Å². The molecule has 3 aromatic carbocycles. The zero-order chi connectivity index (χ0) is 31.6. The second-order valence-electron chi connectivity index (χ2n) is 10.8. The van der Waals surface area contributed by atoms with Crippen molar-refractivity contribution in [1.29, 1.82) is 0 Å². The van der Waals surface area contributed by atoms with Crippen LogP contribution >= 0.6 is 0 Å². The van der Waals surface area contributed by atoms with E-state index in [1.807, 2.05) is 30.3 Å². The van der Waals surface area contributed by atoms with Crippen molar-refractivity contribution in [3.05, 3.63) is 135 Å². The minimum atomic E-state index is -4.01. The number of halogens is 2. The van der Waals surface area contributed by atoms with Gasteiger partial charge in [0, 0.05) is 23.0 Å². The van der Waals surface area contributed by atoms with Gasteiger partial charge in [-0.15, -0.1) is 0 Å². The summed E-state index contributed by atoms with van der Waals surface area (Å²) in [4.78, 5) is 21.2. The maximum Gasteiger partial charge on any atom is 0.286 e. The summed E-state index contributed by atoms with van der Waals surface area (Å²) in [7, 11) is -4.01. The zero-order valence-corrected chi connectivity index (χ0v) is 25.1. The van der Waals surface area contributed by atoms with Crippen molar-refractivity contribution in [2.45, 2.75) is 37.4 Å². The maximum absolute atomic E-state index is 14.9. The van der Waals surface area contributed by atoms with E-state index in [0.29, 0.717) is 34.7 Å². The molecule has 3 heterocycles. The van der Waals surface area contributed by atoms with Gasteiger partial charge in [0.1, 0.15) is 5.82 Å². The SMILES string of the molecule is Cc1cc(-c2cc(F)c(=O)n(Cc3cccc4c3OCO4)c2)nc(S(=O)(=O)CCC(Cc2ccccc2F)c2ccccc2)n1. The Kier molecular flexibility index (Phi) is 8.44. The van der Waals surface area contributed by atoms with Crippen LogP contribution in [0.5, 0.6) is 11.5 Å². The van der Waals surface area contributed by atoms with Crippen LogP contribution in [0.2, 0.25) is 0 Å². The van der Waals surface area contributed by atoms with Gasteiger partial charge in [-0.3, -0.25) is 4.79 Å². The van der Waals surface area contributed by atoms with Crippen LogP contribution < -0.4 is 15.0 Å². The molecule has 0 spiro atoms. The summed E-state index contributed by atoms with van der Waals surface area (Å²) >= 11 is 0. The lowest BCUT2D eigenvalue weighted by Gasteiger charge is -2.18. The van der Waals surface area contributed by atoms with Crippen molar-refractivity contribution in [3.63, 3.8) is 0 Å². The number of fused-ring (bicyclic) bond motifs is 1. The molecule has 1 aliphatic rings. The smallest absolute Gasteiger partial charge is 0.286 e. The molecule has 0 aliphatic carbocycles. The van der Waals surface area contributed by atoms with Crippen LogP contribution in [0.1, 0.15) is 34.7 Å². The molecule has 0 saturated heterocycles. The molecular formula is C34H29F2N3O5S. The number of benzene rings is 3. The Morgan fingerprint density at radius 1 is 0.889 bits per heavy atom. The van der Waals surface area contributed by atoms with E-state index in [-0.39, 0.29) is 48.5 Å². The van der Waals surface area contributed by atoms with Crippen LogP contribution in [-0.4, -0.2) is 35.5 Å². The molecule has 0 saturated carbocycles. The van der Waals surface area contributed by atoms with Gasteiger partial charge in [0.15, 0.2) is 17.3 Å². The summed E-state index contributed by atoms with van der Waals surface area (Å²) in [6.45, 7) is 1.66. The molecule has 0 radical (unpaired) electrons. The first-order valence-electron chi connectivity index (χ1n) is 14.3. The molecular weight excluding hydrogens is 600 g/mol. The molecule has 11 heteroatoms. The maximum atomic E-state index is 14.9. The Morgan fingerprint density at radius 2 is 1.64 bits per heavy atom. The van der Waals surface area contributed by atoms with E-state index in [1.165, 1.54) is 22.9 Å². The Hall–Kier alpha value is -4.90. The van der Waals surface area contributed by atoms with E-state index >= 15 is 0 Å². The Labute approximate surface area is 258 Å². The van der Waals surface area contributed by atoms with E-state index in [2.05, 4.69) is 9.97 Å². The summed E-state index contributed by atoms with van der Waals surface area (Å²) in [5.41, 5.74) is 1.87. The minimum absolute atomic E-state index is 0.00572. The lowest BCUT2D eigenvalue weighted by atomic mass is 9.90. The molecule has 0 amide bonds. The van der Waals surface area contributed by atoms with Gasteiger partial charge in [0.05, 0.1) is 18.0 Å². The average Bonchev–Trinajstić information content (AvgIpc) is 3.52. The monoisotopic (exact) mass is 629 g/mol. The second-order valence-corrected chi connectivity index (χ2v) is 12.9. The lowest BCUT2D eigenvalue weighted by molar-refractivity contribution is 0.173. The van der Waals surface area contributed by atoms with Gasteiger partial charge in [-0.25, -0.2) is 27.2 Å². The van der Waals surface area contributed by atoms with Crippen molar-refractivity contribution in [2.24, 2.45) is 0 Å². The molecule has 230 valence electrons. The van der Waals surface area contributed by atoms with Crippen LogP contribution in [-0.2, 0) is 22.8 Å². The van der Waals surface area contributed by atoms with Crippen LogP contribution in [0.3, 0.4) is 0 Å². The second kappa shape index (κ2) is 12.6. The topological polar surface area (TPSA) is 100 Å². The van der Waals surface area contributed by atoms with E-state index in [0.717, 1.165) is 11.6 Å². The fraction of sp³-hybridized carbons (Fsp3) is 0.206. The van der Waals surface area contributed by atoms with Crippen molar-refractivity contribution < 1.29 is 26.7 Å². The van der Waals surface area contributed by atoms with Crippen LogP contribution in [0.15, 0.2) is 101 Å². The highest BCUT2D eigenvalue weighted by Crippen LogP contribution is 2.36. The quantitative estimate of drug-likeness (QED) is 0.179. The number of para-hydroxylation sites is 1. The summed E-state index contributed by atoms with van der Waals surface area (Å²) < 4.78 is 68.8. The number of pyridine rings is 1. The van der Waals surface area contributed by atoms with Gasteiger partial charge in [0.2, 0.25) is 21.8 Å². The number of aryl methyl sites for hydroxylation is 1. The highest BCUT2D eigenvalue weighted by atomic mass is 32.2. The van der Waals surface area contributed by atoms with Crippen LogP contribution in [0.25, 0.3) is 11.3 Å². The first-order chi connectivity index (χ1) is 21.7. The first kappa shape index (κ1) is 30.1. The van der Waals surface area contributed by atoms with Crippen LogP contribution in [0.4, 0.5) is 8.78 Å². The summed E-state index contributed by atoms with van der Waals surface area (Å²) in [5.74, 6) is -0.935. The number of ether oxygens (including phenoxy) is 2. The Morgan fingerprint density at radius 3 is 2.44 bits per heavy atom. The molecule has 0 fully saturated rings. The highest BCUT2D eigenvalue weighted by molar-refractivity contribution is 7.91. The average molecular weight is 630 g/mol. The molecule has 8 nitrogen and oxygen atoms in total. The molecule has 1 aliphatic heterocycles. The van der Waals surface area contributed by atoms with Gasteiger partial charge in [-0.05, 0) is 61.1 Å². The van der Waals surface area contributed by atoms with Gasteiger partial charge in [-0.2, -0.15) is 0 Å². The van der Waals surface area contributed by atoms with Crippen molar-refractivity contribution in [2.75, 3.05) is 12.5 Å². The molecule has 1 atom stereocenters. The van der Waals surface area contributed by atoms with E-state index < -0.39 is 26.4 Å². The third kappa shape index (κ3) is 6.63. The van der Waals surface area contributed by atoms with Crippen molar-refractivity contribution in [1.82, 2.24) is 14.5 Å². The normalized spacial score (nSPS) is 13.1. The molecule has 6 rings (SSSR count). The molecule has 0 N–H and O–H groups in total. The molecule has 2 aromatic heterocycles. The predicted molar refractivity (Wildman–Crippen MR) is 164 cm³/mol. The third-order valence-electron chi connectivity index (χ3n) is 7.70. The first-order valence-corrected chi connectivity index (χ1v) is 16.0. The fourth-order valence-electron chi connectivity index (χ4n) is 5.41. The standard InChI is InChI=1S/C34H29F2N3O5S/c1-22-16-30(27-18-29(36)33(40)39(20-27)19-26-11-7-13-31-32(26)44-21-43-31)38-34(37-22)45(41,42)15-14-24(23-8-3-2-4-9-23)17-25-10-5-6-12-28(25)35/h2-13,16,18,20,24H,14-15,17,19,21H2,1H3. The molecule has 45 heavy (non-hydrogen) atoms.